The number of carbonyl (C=O) groups excluding carboxylic acids is 1. The van der Waals surface area contributed by atoms with Gasteiger partial charge in [-0.25, -0.2) is 13.1 Å². The van der Waals surface area contributed by atoms with Gasteiger partial charge in [-0.05, 0) is 37.0 Å². The summed E-state index contributed by atoms with van der Waals surface area (Å²) < 4.78 is 26.5. The lowest BCUT2D eigenvalue weighted by Gasteiger charge is -2.11. The Hall–Kier alpha value is -1.44. The highest BCUT2D eigenvalue weighted by molar-refractivity contribution is 7.89. The molecule has 7 heteroatoms. The van der Waals surface area contributed by atoms with E-state index in [9.17, 15) is 18.3 Å². The molecule has 116 valence electrons. The normalized spacial score (nSPS) is 16.5. The zero-order valence-corrected chi connectivity index (χ0v) is 12.7. The molecule has 0 heterocycles. The third kappa shape index (κ3) is 4.52. The summed E-state index contributed by atoms with van der Waals surface area (Å²) in [7, 11) is -3.76. The lowest BCUT2D eigenvalue weighted by Crippen LogP contribution is -2.37. The van der Waals surface area contributed by atoms with E-state index < -0.39 is 16.1 Å². The summed E-state index contributed by atoms with van der Waals surface area (Å²) in [6, 6.07) is 6.31. The van der Waals surface area contributed by atoms with Gasteiger partial charge in [-0.15, -0.1) is 0 Å². The predicted octanol–water partition coefficient (Wildman–Crippen LogP) is 0.687. The van der Waals surface area contributed by atoms with Crippen molar-refractivity contribution in [2.45, 2.75) is 43.2 Å². The first-order chi connectivity index (χ1) is 9.92. The fourth-order valence-corrected chi connectivity index (χ4v) is 2.91. The number of benzene rings is 1. The van der Waals surface area contributed by atoms with E-state index in [1.807, 2.05) is 6.92 Å². The van der Waals surface area contributed by atoms with E-state index in [-0.39, 0.29) is 23.4 Å². The summed E-state index contributed by atoms with van der Waals surface area (Å²) >= 11 is 0. The molecule has 1 aliphatic rings. The van der Waals surface area contributed by atoms with Gasteiger partial charge in [-0.1, -0.05) is 19.1 Å². The fourth-order valence-electron chi connectivity index (χ4n) is 1.87. The van der Waals surface area contributed by atoms with Gasteiger partial charge in [0, 0.05) is 6.04 Å². The van der Waals surface area contributed by atoms with Crippen LogP contribution in [0.1, 0.15) is 37.9 Å². The Bertz CT molecular complexity index is 611. The molecule has 0 spiro atoms. The number of aliphatic hydroxyl groups is 1. The Morgan fingerprint density at radius 2 is 2.14 bits per heavy atom. The zero-order chi connectivity index (χ0) is 15.5. The molecule has 1 atom stereocenters. The summed E-state index contributed by atoms with van der Waals surface area (Å²) in [5.41, 5.74) is 0.544. The number of hydrogen-bond donors (Lipinski definition) is 3. The third-order valence-electron chi connectivity index (χ3n) is 3.31. The molecule has 1 unspecified atom stereocenters. The van der Waals surface area contributed by atoms with Crippen molar-refractivity contribution in [3.05, 3.63) is 29.8 Å². The van der Waals surface area contributed by atoms with Crippen LogP contribution in [0.4, 0.5) is 0 Å². The molecule has 1 amide bonds. The van der Waals surface area contributed by atoms with Crippen LogP contribution in [0, 0.1) is 0 Å². The minimum absolute atomic E-state index is 0.0479. The van der Waals surface area contributed by atoms with Crippen LogP contribution in [0.25, 0.3) is 0 Å². The molecule has 1 saturated carbocycles. The van der Waals surface area contributed by atoms with Crippen molar-refractivity contribution < 1.29 is 18.3 Å². The largest absolute Gasteiger partial charge is 0.388 e. The molecule has 0 aliphatic heterocycles. The monoisotopic (exact) mass is 312 g/mol. The van der Waals surface area contributed by atoms with Crippen molar-refractivity contribution in [2.75, 3.05) is 6.54 Å². The highest BCUT2D eigenvalue weighted by Crippen LogP contribution is 2.20. The van der Waals surface area contributed by atoms with Gasteiger partial charge in [-0.2, -0.15) is 0 Å². The highest BCUT2D eigenvalue weighted by atomic mass is 32.2. The van der Waals surface area contributed by atoms with E-state index >= 15 is 0 Å². The van der Waals surface area contributed by atoms with E-state index in [0.717, 1.165) is 12.8 Å². The molecule has 2 rings (SSSR count). The number of sulfonamides is 1. The molecule has 0 bridgehead atoms. The minimum atomic E-state index is -3.76. The quantitative estimate of drug-likeness (QED) is 0.690. The van der Waals surface area contributed by atoms with Gasteiger partial charge in [0.1, 0.15) is 0 Å². The van der Waals surface area contributed by atoms with Crippen LogP contribution in [-0.4, -0.2) is 32.0 Å². The Morgan fingerprint density at radius 1 is 1.43 bits per heavy atom. The summed E-state index contributed by atoms with van der Waals surface area (Å²) in [6.45, 7) is 1.53. The first-order valence-corrected chi connectivity index (χ1v) is 8.47. The van der Waals surface area contributed by atoms with Crippen molar-refractivity contribution in [3.8, 4) is 0 Å². The molecule has 21 heavy (non-hydrogen) atoms. The molecule has 6 nitrogen and oxygen atoms in total. The van der Waals surface area contributed by atoms with Crippen LogP contribution in [0.5, 0.6) is 0 Å². The number of nitrogens with one attached hydrogen (secondary N) is 2. The van der Waals surface area contributed by atoms with Crippen molar-refractivity contribution in [1.82, 2.24) is 10.0 Å². The standard InChI is InChI=1S/C14H20N2O4S/c1-2-13(17)10-4-3-5-12(8-10)21(19,20)15-9-14(18)16-11-6-7-11/h3-5,8,11,13,15,17H,2,6-7,9H2,1H3,(H,16,18). The average molecular weight is 312 g/mol. The van der Waals surface area contributed by atoms with Gasteiger partial charge >= 0.3 is 0 Å². The van der Waals surface area contributed by atoms with Gasteiger partial charge in [0.2, 0.25) is 15.9 Å². The van der Waals surface area contributed by atoms with Crippen LogP contribution in [0.3, 0.4) is 0 Å². The van der Waals surface area contributed by atoms with Crippen LogP contribution in [0.2, 0.25) is 0 Å². The van der Waals surface area contributed by atoms with Crippen LogP contribution < -0.4 is 10.0 Å². The van der Waals surface area contributed by atoms with Crippen LogP contribution >= 0.6 is 0 Å². The summed E-state index contributed by atoms with van der Waals surface area (Å²) in [5.74, 6) is -0.328. The number of aliphatic hydroxyl groups excluding tert-OH is 1. The Morgan fingerprint density at radius 3 is 2.76 bits per heavy atom. The first-order valence-electron chi connectivity index (χ1n) is 6.99. The molecular formula is C14H20N2O4S. The minimum Gasteiger partial charge on any atom is -0.388 e. The molecule has 0 aromatic heterocycles. The van der Waals surface area contributed by atoms with Gasteiger partial charge in [0.25, 0.3) is 0 Å². The van der Waals surface area contributed by atoms with Crippen molar-refractivity contribution in [1.29, 1.82) is 0 Å². The molecule has 1 aliphatic carbocycles. The molecule has 1 aromatic rings. The predicted molar refractivity (Wildman–Crippen MR) is 78.0 cm³/mol. The van der Waals surface area contributed by atoms with Gasteiger partial charge in [0.05, 0.1) is 17.5 Å². The Labute approximate surface area is 124 Å². The van der Waals surface area contributed by atoms with Crippen LogP contribution in [-0.2, 0) is 14.8 Å². The topological polar surface area (TPSA) is 95.5 Å². The Balaban J connectivity index is 2.02. The van der Waals surface area contributed by atoms with E-state index in [2.05, 4.69) is 10.0 Å². The number of carbonyl (C=O) groups is 1. The van der Waals surface area contributed by atoms with Gasteiger partial charge in [0.15, 0.2) is 0 Å². The lowest BCUT2D eigenvalue weighted by atomic mass is 10.1. The first kappa shape index (κ1) is 15.9. The second-order valence-corrected chi connectivity index (χ2v) is 6.93. The lowest BCUT2D eigenvalue weighted by molar-refractivity contribution is -0.120. The second-order valence-electron chi connectivity index (χ2n) is 5.16. The van der Waals surface area contributed by atoms with E-state index in [4.69, 9.17) is 0 Å². The maximum Gasteiger partial charge on any atom is 0.241 e. The summed E-state index contributed by atoms with van der Waals surface area (Å²) in [6.07, 6.45) is 1.71. The molecular weight excluding hydrogens is 292 g/mol. The molecule has 3 N–H and O–H groups in total. The number of amides is 1. The van der Waals surface area contributed by atoms with Crippen molar-refractivity contribution in [3.63, 3.8) is 0 Å². The van der Waals surface area contributed by atoms with Crippen molar-refractivity contribution in [2.24, 2.45) is 0 Å². The smallest absolute Gasteiger partial charge is 0.241 e. The van der Waals surface area contributed by atoms with Gasteiger partial charge in [-0.3, -0.25) is 4.79 Å². The SMILES string of the molecule is CCC(O)c1cccc(S(=O)(=O)NCC(=O)NC2CC2)c1. The highest BCUT2D eigenvalue weighted by Gasteiger charge is 2.24. The van der Waals surface area contributed by atoms with E-state index in [0.29, 0.717) is 12.0 Å². The average Bonchev–Trinajstić information content (AvgIpc) is 3.28. The van der Waals surface area contributed by atoms with Crippen molar-refractivity contribution >= 4 is 15.9 Å². The molecule has 1 aromatic carbocycles. The zero-order valence-electron chi connectivity index (χ0n) is 11.9. The maximum atomic E-state index is 12.1. The van der Waals surface area contributed by atoms with Crippen LogP contribution in [0.15, 0.2) is 29.2 Å². The van der Waals surface area contributed by atoms with E-state index in [1.165, 1.54) is 12.1 Å². The molecule has 0 saturated heterocycles. The summed E-state index contributed by atoms with van der Waals surface area (Å²) in [5, 5.41) is 12.5. The number of rotatable bonds is 7. The number of hydrogen-bond acceptors (Lipinski definition) is 4. The molecule has 1 fully saturated rings. The maximum absolute atomic E-state index is 12.1. The fraction of sp³-hybridized carbons (Fsp3) is 0.500. The van der Waals surface area contributed by atoms with Gasteiger partial charge < -0.3 is 10.4 Å². The summed E-state index contributed by atoms with van der Waals surface area (Å²) in [4.78, 5) is 11.6. The second kappa shape index (κ2) is 6.55. The molecule has 0 radical (unpaired) electrons. The Kier molecular flexibility index (Phi) is 4.97. The van der Waals surface area contributed by atoms with E-state index in [1.54, 1.807) is 12.1 Å². The third-order valence-corrected chi connectivity index (χ3v) is 4.70.